The van der Waals surface area contributed by atoms with Gasteiger partial charge in [0.15, 0.2) is 18.1 Å². The maximum absolute atomic E-state index is 12.3. The number of hydrogen-bond acceptors (Lipinski definition) is 7. The molecule has 0 atom stereocenters. The van der Waals surface area contributed by atoms with Gasteiger partial charge in [-0.1, -0.05) is 6.07 Å². The molecule has 0 fully saturated rings. The van der Waals surface area contributed by atoms with Gasteiger partial charge >= 0.3 is 11.8 Å². The molecule has 0 bridgehead atoms. The Morgan fingerprint density at radius 3 is 2.42 bits per heavy atom. The Bertz CT molecular complexity index is 943. The Morgan fingerprint density at radius 2 is 1.77 bits per heavy atom. The van der Waals surface area contributed by atoms with E-state index < -0.39 is 11.8 Å². The summed E-state index contributed by atoms with van der Waals surface area (Å²) >= 11 is 0. The van der Waals surface area contributed by atoms with E-state index >= 15 is 0 Å². The lowest BCUT2D eigenvalue weighted by atomic mass is 10.2. The molecule has 0 aliphatic carbocycles. The van der Waals surface area contributed by atoms with Crippen LogP contribution in [0.2, 0.25) is 0 Å². The van der Waals surface area contributed by atoms with Gasteiger partial charge in [0.25, 0.3) is 5.91 Å². The van der Waals surface area contributed by atoms with Crippen LogP contribution >= 0.6 is 0 Å². The first-order valence-corrected chi connectivity index (χ1v) is 9.36. The first-order valence-electron chi connectivity index (χ1n) is 9.36. The molecule has 0 spiro atoms. The van der Waals surface area contributed by atoms with Crippen LogP contribution in [-0.4, -0.2) is 51.3 Å². The van der Waals surface area contributed by atoms with Crippen LogP contribution in [0.4, 0.5) is 5.69 Å². The molecule has 2 aromatic rings. The SMILES string of the molecule is CCOc1ccc(NC(=O)COc2c(/C=N\NC(=O)C(=O)NC)cccc2OC)cc1. The van der Waals surface area contributed by atoms with Crippen LogP contribution in [-0.2, 0) is 14.4 Å². The van der Waals surface area contributed by atoms with Gasteiger partial charge in [-0.25, -0.2) is 5.43 Å². The minimum atomic E-state index is -0.918. The van der Waals surface area contributed by atoms with E-state index in [0.717, 1.165) is 0 Å². The summed E-state index contributed by atoms with van der Waals surface area (Å²) in [6.45, 7) is 2.15. The normalized spacial score (nSPS) is 10.3. The maximum Gasteiger partial charge on any atom is 0.329 e. The topological polar surface area (TPSA) is 127 Å². The summed E-state index contributed by atoms with van der Waals surface area (Å²) in [6, 6.07) is 11.9. The predicted octanol–water partition coefficient (Wildman–Crippen LogP) is 1.31. The van der Waals surface area contributed by atoms with Crippen LogP contribution in [0.25, 0.3) is 0 Å². The molecule has 0 aromatic heterocycles. The molecule has 3 N–H and O–H groups in total. The number of anilines is 1. The summed E-state index contributed by atoms with van der Waals surface area (Å²) < 4.78 is 16.3. The van der Waals surface area contributed by atoms with Crippen molar-refractivity contribution in [2.75, 3.05) is 32.7 Å². The molecule has 0 unspecified atom stereocenters. The van der Waals surface area contributed by atoms with Crippen molar-refractivity contribution in [3.8, 4) is 17.2 Å². The average molecular weight is 428 g/mol. The summed E-state index contributed by atoms with van der Waals surface area (Å²) in [4.78, 5) is 34.9. The molecule has 0 aliphatic rings. The van der Waals surface area contributed by atoms with Crippen molar-refractivity contribution in [1.29, 1.82) is 0 Å². The zero-order chi connectivity index (χ0) is 22.6. The number of methoxy groups -OCH3 is 1. The van der Waals surface area contributed by atoms with Crippen molar-refractivity contribution in [2.45, 2.75) is 6.92 Å². The highest BCUT2D eigenvalue weighted by atomic mass is 16.5. The van der Waals surface area contributed by atoms with Gasteiger partial charge in [0.2, 0.25) is 0 Å². The highest BCUT2D eigenvalue weighted by Gasteiger charge is 2.13. The van der Waals surface area contributed by atoms with E-state index in [1.165, 1.54) is 20.4 Å². The summed E-state index contributed by atoms with van der Waals surface area (Å²) in [7, 11) is 2.79. The van der Waals surface area contributed by atoms with Crippen molar-refractivity contribution in [3.63, 3.8) is 0 Å². The number of ether oxygens (including phenoxy) is 3. The molecule has 0 aliphatic heterocycles. The fourth-order valence-corrected chi connectivity index (χ4v) is 2.41. The molecule has 0 heterocycles. The highest BCUT2D eigenvalue weighted by Crippen LogP contribution is 2.30. The summed E-state index contributed by atoms with van der Waals surface area (Å²) in [5.41, 5.74) is 3.12. The summed E-state index contributed by atoms with van der Waals surface area (Å²) in [5.74, 6) is -0.798. The van der Waals surface area contributed by atoms with Crippen LogP contribution in [0.1, 0.15) is 12.5 Å². The van der Waals surface area contributed by atoms with Crippen molar-refractivity contribution in [1.82, 2.24) is 10.7 Å². The quantitative estimate of drug-likeness (QED) is 0.314. The number of para-hydroxylation sites is 1. The molecule has 2 rings (SSSR count). The minimum Gasteiger partial charge on any atom is -0.494 e. The number of carbonyl (C=O) groups excluding carboxylic acids is 3. The van der Waals surface area contributed by atoms with Crippen molar-refractivity contribution >= 4 is 29.6 Å². The van der Waals surface area contributed by atoms with Crippen LogP contribution in [0.3, 0.4) is 0 Å². The molecule has 0 saturated heterocycles. The number of likely N-dealkylation sites (N-methyl/N-ethyl adjacent to an activating group) is 1. The van der Waals surface area contributed by atoms with Crippen LogP contribution in [0, 0.1) is 0 Å². The van der Waals surface area contributed by atoms with Gasteiger partial charge in [-0.15, -0.1) is 0 Å². The van der Waals surface area contributed by atoms with Gasteiger partial charge < -0.3 is 24.8 Å². The molecule has 3 amide bonds. The molecule has 0 radical (unpaired) electrons. The third-order valence-electron chi connectivity index (χ3n) is 3.83. The Hall–Kier alpha value is -4.08. The molecular weight excluding hydrogens is 404 g/mol. The van der Waals surface area contributed by atoms with E-state index in [-0.39, 0.29) is 18.3 Å². The molecular formula is C21H24N4O6. The molecule has 2 aromatic carbocycles. The van der Waals surface area contributed by atoms with Gasteiger partial charge in [0.05, 0.1) is 19.9 Å². The monoisotopic (exact) mass is 428 g/mol. The number of carbonyl (C=O) groups is 3. The lowest BCUT2D eigenvalue weighted by Gasteiger charge is -2.13. The standard InChI is InChI=1S/C21H24N4O6/c1-4-30-16-10-8-15(9-11-16)24-18(26)13-31-19-14(6-5-7-17(19)29-3)12-23-25-21(28)20(27)22-2/h5-12H,4,13H2,1-3H3,(H,22,27)(H,24,26)(H,25,28)/b23-12-. The van der Waals surface area contributed by atoms with Gasteiger partial charge in [-0.3, -0.25) is 14.4 Å². The molecule has 10 heteroatoms. The largest absolute Gasteiger partial charge is 0.494 e. The van der Waals surface area contributed by atoms with Crippen LogP contribution in [0.15, 0.2) is 47.6 Å². The number of benzene rings is 2. The highest BCUT2D eigenvalue weighted by molar-refractivity contribution is 6.35. The first kappa shape index (κ1) is 23.2. The second-order valence-electron chi connectivity index (χ2n) is 5.95. The van der Waals surface area contributed by atoms with E-state index in [1.807, 2.05) is 6.92 Å². The minimum absolute atomic E-state index is 0.254. The third kappa shape index (κ3) is 7.03. The number of nitrogens with one attached hydrogen (secondary N) is 3. The fraction of sp³-hybridized carbons (Fsp3) is 0.238. The van der Waals surface area contributed by atoms with Crippen LogP contribution in [0.5, 0.6) is 17.2 Å². The first-order chi connectivity index (χ1) is 15.0. The Morgan fingerprint density at radius 1 is 1.03 bits per heavy atom. The lowest BCUT2D eigenvalue weighted by molar-refractivity contribution is -0.138. The molecule has 10 nitrogen and oxygen atoms in total. The van der Waals surface area contributed by atoms with E-state index in [1.54, 1.807) is 42.5 Å². The Balaban J connectivity index is 2.03. The fourth-order valence-electron chi connectivity index (χ4n) is 2.41. The zero-order valence-corrected chi connectivity index (χ0v) is 17.4. The summed E-state index contributed by atoms with van der Waals surface area (Å²) in [6.07, 6.45) is 1.28. The zero-order valence-electron chi connectivity index (χ0n) is 17.4. The number of amides is 3. The average Bonchev–Trinajstić information content (AvgIpc) is 2.78. The van der Waals surface area contributed by atoms with E-state index in [0.29, 0.717) is 29.4 Å². The molecule has 0 saturated carbocycles. The van der Waals surface area contributed by atoms with Gasteiger partial charge in [-0.05, 0) is 43.3 Å². The number of hydrogen-bond donors (Lipinski definition) is 3. The smallest absolute Gasteiger partial charge is 0.329 e. The lowest BCUT2D eigenvalue weighted by Crippen LogP contribution is -2.35. The van der Waals surface area contributed by atoms with Crippen LogP contribution < -0.4 is 30.3 Å². The van der Waals surface area contributed by atoms with E-state index in [4.69, 9.17) is 14.2 Å². The Labute approximate surface area is 179 Å². The molecule has 164 valence electrons. The number of hydrazone groups is 1. The van der Waals surface area contributed by atoms with Crippen molar-refractivity contribution in [3.05, 3.63) is 48.0 Å². The Kier molecular flexibility index (Phi) is 8.84. The summed E-state index contributed by atoms with van der Waals surface area (Å²) in [5, 5.41) is 8.64. The number of rotatable bonds is 9. The second kappa shape index (κ2) is 11.8. The maximum atomic E-state index is 12.3. The number of nitrogens with zero attached hydrogens (tertiary/aromatic N) is 1. The predicted molar refractivity (Wildman–Crippen MR) is 115 cm³/mol. The van der Waals surface area contributed by atoms with Gasteiger partial charge in [-0.2, -0.15) is 5.10 Å². The van der Waals surface area contributed by atoms with E-state index in [2.05, 4.69) is 21.2 Å². The third-order valence-corrected chi connectivity index (χ3v) is 3.83. The van der Waals surface area contributed by atoms with Gasteiger partial charge in [0.1, 0.15) is 5.75 Å². The van der Waals surface area contributed by atoms with Gasteiger partial charge in [0, 0.05) is 18.3 Å². The van der Waals surface area contributed by atoms with Crippen molar-refractivity contribution < 1.29 is 28.6 Å². The second-order valence-corrected chi connectivity index (χ2v) is 5.95. The molecule has 31 heavy (non-hydrogen) atoms. The van der Waals surface area contributed by atoms with Crippen molar-refractivity contribution in [2.24, 2.45) is 5.10 Å². The van der Waals surface area contributed by atoms with E-state index in [9.17, 15) is 14.4 Å².